The molecule has 0 amide bonds. The van der Waals surface area contributed by atoms with E-state index in [0.717, 1.165) is 89.9 Å². The van der Waals surface area contributed by atoms with Gasteiger partial charge in [-0.25, -0.2) is 0 Å². The topological polar surface area (TPSA) is 78.9 Å². The summed E-state index contributed by atoms with van der Waals surface area (Å²) in [7, 11) is 0. The normalized spacial score (nSPS) is 12.8. The third-order valence-corrected chi connectivity index (χ3v) is 11.1. The maximum Gasteiger partial charge on any atom is 0.306 e. The van der Waals surface area contributed by atoms with Crippen molar-refractivity contribution in [1.29, 1.82) is 0 Å². The van der Waals surface area contributed by atoms with Crippen LogP contribution in [0.2, 0.25) is 0 Å². The van der Waals surface area contributed by atoms with E-state index in [2.05, 4.69) is 118 Å². The Kier molecular flexibility index (Phi) is 50.0. The summed E-state index contributed by atoms with van der Waals surface area (Å²) in [6.45, 7) is 6.49. The molecule has 0 fully saturated rings. The van der Waals surface area contributed by atoms with E-state index in [1.165, 1.54) is 103 Å². The van der Waals surface area contributed by atoms with Crippen molar-refractivity contribution >= 4 is 17.9 Å². The van der Waals surface area contributed by atoms with Gasteiger partial charge in [-0.05, 0) is 103 Å². The van der Waals surface area contributed by atoms with E-state index in [-0.39, 0.29) is 44.0 Å². The van der Waals surface area contributed by atoms with Crippen molar-refractivity contribution in [3.63, 3.8) is 0 Å². The van der Waals surface area contributed by atoms with E-state index in [1.807, 2.05) is 0 Å². The van der Waals surface area contributed by atoms with Gasteiger partial charge < -0.3 is 14.2 Å². The Bertz CT molecular complexity index is 1310. The molecular weight excluding hydrogens is 805 g/mol. The fourth-order valence-electron chi connectivity index (χ4n) is 7.01. The van der Waals surface area contributed by atoms with Crippen LogP contribution in [0.5, 0.6) is 0 Å². The fourth-order valence-corrected chi connectivity index (χ4v) is 7.01. The van der Waals surface area contributed by atoms with Crippen LogP contribution in [0.4, 0.5) is 0 Å². The van der Waals surface area contributed by atoms with E-state index in [0.29, 0.717) is 12.8 Å². The highest BCUT2D eigenvalue weighted by Crippen LogP contribution is 2.13. The zero-order chi connectivity index (χ0) is 47.2. The molecule has 0 rings (SSSR count). The zero-order valence-corrected chi connectivity index (χ0v) is 42.2. The molecule has 0 saturated carbocycles. The molecule has 0 aliphatic carbocycles. The third kappa shape index (κ3) is 51.2. The molecule has 6 nitrogen and oxygen atoms in total. The first-order valence-corrected chi connectivity index (χ1v) is 26.7. The smallest absolute Gasteiger partial charge is 0.306 e. The van der Waals surface area contributed by atoms with Crippen LogP contribution < -0.4 is 0 Å². The summed E-state index contributed by atoms with van der Waals surface area (Å²) in [6, 6.07) is 0. The van der Waals surface area contributed by atoms with Gasteiger partial charge >= 0.3 is 17.9 Å². The van der Waals surface area contributed by atoms with Gasteiger partial charge in [-0.15, -0.1) is 0 Å². The summed E-state index contributed by atoms with van der Waals surface area (Å²) in [6.07, 6.45) is 69.6. The van der Waals surface area contributed by atoms with Crippen LogP contribution >= 0.6 is 0 Å². The van der Waals surface area contributed by atoms with Crippen LogP contribution in [-0.2, 0) is 28.6 Å². The third-order valence-electron chi connectivity index (χ3n) is 11.1. The molecule has 0 bridgehead atoms. The second-order valence-corrected chi connectivity index (χ2v) is 17.4. The van der Waals surface area contributed by atoms with Crippen molar-refractivity contribution in [1.82, 2.24) is 0 Å². The maximum absolute atomic E-state index is 12.8. The first-order chi connectivity index (χ1) is 32.0. The van der Waals surface area contributed by atoms with Crippen molar-refractivity contribution in [2.45, 2.75) is 245 Å². The summed E-state index contributed by atoms with van der Waals surface area (Å²) in [4.78, 5) is 38.0. The molecule has 370 valence electrons. The lowest BCUT2D eigenvalue weighted by Gasteiger charge is -2.18. The molecule has 0 aromatic heterocycles. The van der Waals surface area contributed by atoms with Gasteiger partial charge in [0.2, 0.25) is 0 Å². The lowest BCUT2D eigenvalue weighted by atomic mass is 10.1. The van der Waals surface area contributed by atoms with Crippen molar-refractivity contribution in [3.05, 3.63) is 97.2 Å². The van der Waals surface area contributed by atoms with Gasteiger partial charge in [0.25, 0.3) is 0 Å². The molecule has 1 atom stereocenters. The van der Waals surface area contributed by atoms with E-state index in [9.17, 15) is 14.4 Å². The van der Waals surface area contributed by atoms with Crippen LogP contribution in [0.25, 0.3) is 0 Å². The molecule has 0 heterocycles. The van der Waals surface area contributed by atoms with E-state index >= 15 is 0 Å². The van der Waals surface area contributed by atoms with Gasteiger partial charge in [-0.1, -0.05) is 214 Å². The Balaban J connectivity index is 4.52. The Morgan fingerprint density at radius 2 is 0.569 bits per heavy atom. The van der Waals surface area contributed by atoms with E-state index in [1.54, 1.807) is 0 Å². The number of rotatable bonds is 47. The molecule has 0 aromatic carbocycles. The minimum absolute atomic E-state index is 0.107. The largest absolute Gasteiger partial charge is 0.462 e. The number of hydrogen-bond donors (Lipinski definition) is 0. The van der Waals surface area contributed by atoms with Gasteiger partial charge in [-0.3, -0.25) is 14.4 Å². The number of allylic oxidation sites excluding steroid dienone is 16. The molecular formula is C59H98O6. The predicted octanol–water partition coefficient (Wildman–Crippen LogP) is 17.8. The van der Waals surface area contributed by atoms with Crippen molar-refractivity contribution < 1.29 is 28.6 Å². The molecule has 0 aliphatic rings. The lowest BCUT2D eigenvalue weighted by Crippen LogP contribution is -2.30. The van der Waals surface area contributed by atoms with Crippen LogP contribution in [-0.4, -0.2) is 37.2 Å². The number of hydrogen-bond acceptors (Lipinski definition) is 6. The molecule has 0 aromatic rings. The lowest BCUT2D eigenvalue weighted by molar-refractivity contribution is -0.167. The predicted molar refractivity (Wildman–Crippen MR) is 279 cm³/mol. The number of unbranched alkanes of at least 4 members (excludes halogenated alkanes) is 20. The summed E-state index contributed by atoms with van der Waals surface area (Å²) < 4.78 is 16.7. The quantitative estimate of drug-likeness (QED) is 0.0262. The molecule has 0 spiro atoms. The van der Waals surface area contributed by atoms with Crippen LogP contribution in [0.3, 0.4) is 0 Å². The van der Waals surface area contributed by atoms with Gasteiger partial charge in [0, 0.05) is 19.3 Å². The highest BCUT2D eigenvalue weighted by atomic mass is 16.6. The average molecular weight is 903 g/mol. The molecule has 65 heavy (non-hydrogen) atoms. The van der Waals surface area contributed by atoms with Gasteiger partial charge in [0.1, 0.15) is 13.2 Å². The maximum atomic E-state index is 12.8. The monoisotopic (exact) mass is 903 g/mol. The van der Waals surface area contributed by atoms with E-state index in [4.69, 9.17) is 14.2 Å². The second kappa shape index (κ2) is 52.9. The minimum atomic E-state index is -0.815. The minimum Gasteiger partial charge on any atom is -0.462 e. The molecule has 0 N–H and O–H groups in total. The van der Waals surface area contributed by atoms with Gasteiger partial charge in [-0.2, -0.15) is 0 Å². The van der Waals surface area contributed by atoms with E-state index < -0.39 is 6.10 Å². The van der Waals surface area contributed by atoms with Crippen molar-refractivity contribution in [2.24, 2.45) is 0 Å². The molecule has 0 aliphatic heterocycles. The van der Waals surface area contributed by atoms with Crippen molar-refractivity contribution in [3.8, 4) is 0 Å². The van der Waals surface area contributed by atoms with Gasteiger partial charge in [0.05, 0.1) is 0 Å². The molecule has 6 heteroatoms. The zero-order valence-electron chi connectivity index (χ0n) is 42.2. The fraction of sp³-hybridized carbons (Fsp3) is 0.678. The summed E-state index contributed by atoms with van der Waals surface area (Å²) in [5, 5.41) is 0. The van der Waals surface area contributed by atoms with Crippen LogP contribution in [0.15, 0.2) is 97.2 Å². The Morgan fingerprint density at radius 3 is 0.954 bits per heavy atom. The van der Waals surface area contributed by atoms with Gasteiger partial charge in [0.15, 0.2) is 6.10 Å². The van der Waals surface area contributed by atoms with Crippen molar-refractivity contribution in [2.75, 3.05) is 13.2 Å². The number of esters is 3. The first-order valence-electron chi connectivity index (χ1n) is 26.7. The number of carbonyl (C=O) groups is 3. The van der Waals surface area contributed by atoms with Crippen LogP contribution in [0, 0.1) is 0 Å². The Morgan fingerprint density at radius 1 is 0.308 bits per heavy atom. The summed E-state index contributed by atoms with van der Waals surface area (Å²) in [5.74, 6) is -0.999. The Hall–Kier alpha value is -3.67. The first kappa shape index (κ1) is 61.3. The summed E-state index contributed by atoms with van der Waals surface area (Å²) in [5.41, 5.74) is 0. The molecule has 0 unspecified atom stereocenters. The Labute approximate surface area is 400 Å². The average Bonchev–Trinajstić information content (AvgIpc) is 3.30. The number of ether oxygens (including phenoxy) is 3. The highest BCUT2D eigenvalue weighted by molar-refractivity contribution is 5.71. The second-order valence-electron chi connectivity index (χ2n) is 17.4. The molecule has 0 saturated heterocycles. The highest BCUT2D eigenvalue weighted by Gasteiger charge is 2.19. The number of carbonyl (C=O) groups excluding carboxylic acids is 3. The SMILES string of the molecule is CCCCC/C=C\C/C=C\C/C=C\C/C=C\CCCCCC(=O)O[C@H](COC(=O)CCC/C=C\C/C=C\C/C=C\C/C=C\CCCCC)COC(=O)CCCCCCCCCCCCC. The molecule has 0 radical (unpaired) electrons. The van der Waals surface area contributed by atoms with Crippen LogP contribution in [0.1, 0.15) is 239 Å². The standard InChI is InChI=1S/C59H98O6/c1-4-7-10-13-16-19-22-24-26-28-29-31-33-35-38-41-44-47-50-53-59(62)65-56(54-63-57(60)51-48-45-42-39-36-21-18-15-12-9-6-3)55-64-58(61)52-49-46-43-40-37-34-32-30-27-25-23-20-17-14-11-8-5-2/h16-17,19-20,24-27,29,31-32,34-35,38,40,43,56H,4-15,18,21-23,28,30,33,36-37,39,41-42,44-55H2,1-3H3/b19-16-,20-17-,26-24-,27-25-,31-29-,34-32-,38-35-,43-40-/t56-/m0/s1. The summed E-state index contributed by atoms with van der Waals surface area (Å²) >= 11 is 0.